The van der Waals surface area contributed by atoms with Gasteiger partial charge in [-0.1, -0.05) is 0 Å². The lowest BCUT2D eigenvalue weighted by molar-refractivity contribution is -0.156. The van der Waals surface area contributed by atoms with Gasteiger partial charge in [0.05, 0.1) is 6.10 Å². The van der Waals surface area contributed by atoms with Gasteiger partial charge in [0, 0.05) is 11.1 Å². The first-order valence-corrected chi connectivity index (χ1v) is 5.59. The lowest BCUT2D eigenvalue weighted by Gasteiger charge is -2.49. The first kappa shape index (κ1) is 15.4. The van der Waals surface area contributed by atoms with Gasteiger partial charge >= 0.3 is 5.97 Å². The zero-order valence-electron chi connectivity index (χ0n) is 11.4. The van der Waals surface area contributed by atoms with E-state index < -0.39 is 18.1 Å². The third kappa shape index (κ3) is 3.76. The van der Waals surface area contributed by atoms with Gasteiger partial charge in [0.25, 0.3) is 0 Å². The standard InChI is InChI=1S/C12H25NO3/c1-8(14)9(10(15)16)13(11(2,3)4)12(5,6)7/h8-9,14H,1-7H3,(H,15,16). The maximum Gasteiger partial charge on any atom is 0.323 e. The highest BCUT2D eigenvalue weighted by molar-refractivity contribution is 5.74. The number of aliphatic hydroxyl groups is 1. The van der Waals surface area contributed by atoms with E-state index in [4.69, 9.17) is 0 Å². The summed E-state index contributed by atoms with van der Waals surface area (Å²) in [4.78, 5) is 13.1. The second-order valence-electron chi connectivity index (χ2n) is 6.24. The van der Waals surface area contributed by atoms with Crippen LogP contribution in [0.5, 0.6) is 0 Å². The van der Waals surface area contributed by atoms with Crippen molar-refractivity contribution in [3.63, 3.8) is 0 Å². The fraction of sp³-hybridized carbons (Fsp3) is 0.917. The van der Waals surface area contributed by atoms with E-state index in [0.29, 0.717) is 0 Å². The summed E-state index contributed by atoms with van der Waals surface area (Å²) in [5, 5.41) is 18.9. The number of hydrogen-bond donors (Lipinski definition) is 2. The SMILES string of the molecule is CC(O)C(C(=O)O)N(C(C)(C)C)C(C)(C)C. The Morgan fingerprint density at radius 2 is 1.38 bits per heavy atom. The van der Waals surface area contributed by atoms with Gasteiger partial charge in [0.15, 0.2) is 0 Å². The Morgan fingerprint density at radius 1 is 1.06 bits per heavy atom. The van der Waals surface area contributed by atoms with E-state index in [2.05, 4.69) is 0 Å². The molecule has 0 aromatic carbocycles. The van der Waals surface area contributed by atoms with Gasteiger partial charge in [-0.2, -0.15) is 0 Å². The zero-order chi connectivity index (χ0) is 13.3. The van der Waals surface area contributed by atoms with E-state index in [-0.39, 0.29) is 11.1 Å². The molecule has 0 radical (unpaired) electrons. The average Bonchev–Trinajstić information content (AvgIpc) is 1.93. The summed E-state index contributed by atoms with van der Waals surface area (Å²) in [5.74, 6) is -0.986. The van der Waals surface area contributed by atoms with Gasteiger partial charge in [-0.15, -0.1) is 0 Å². The highest BCUT2D eigenvalue weighted by Crippen LogP contribution is 2.29. The third-order valence-electron chi connectivity index (χ3n) is 2.43. The molecule has 2 atom stereocenters. The maximum atomic E-state index is 11.3. The van der Waals surface area contributed by atoms with Crippen molar-refractivity contribution < 1.29 is 15.0 Å². The molecular formula is C12H25NO3. The molecule has 0 saturated carbocycles. The van der Waals surface area contributed by atoms with Crippen LogP contribution in [0.3, 0.4) is 0 Å². The Balaban J connectivity index is 5.41. The quantitative estimate of drug-likeness (QED) is 0.776. The summed E-state index contributed by atoms with van der Waals surface area (Å²) in [7, 11) is 0. The number of carbonyl (C=O) groups is 1. The molecule has 0 fully saturated rings. The van der Waals surface area contributed by atoms with E-state index in [9.17, 15) is 15.0 Å². The molecule has 0 spiro atoms. The average molecular weight is 231 g/mol. The van der Waals surface area contributed by atoms with Gasteiger partial charge in [-0.05, 0) is 48.5 Å². The van der Waals surface area contributed by atoms with Gasteiger partial charge < -0.3 is 10.2 Å². The third-order valence-corrected chi connectivity index (χ3v) is 2.43. The van der Waals surface area contributed by atoms with Crippen LogP contribution in [-0.2, 0) is 4.79 Å². The molecule has 0 aliphatic rings. The Kier molecular flexibility index (Phi) is 4.54. The number of aliphatic carboxylic acids is 1. The number of aliphatic hydroxyl groups excluding tert-OH is 1. The van der Waals surface area contributed by atoms with Crippen molar-refractivity contribution in [1.82, 2.24) is 4.90 Å². The largest absolute Gasteiger partial charge is 0.480 e. The minimum Gasteiger partial charge on any atom is -0.480 e. The molecule has 0 rings (SSSR count). The second kappa shape index (κ2) is 4.72. The molecule has 0 amide bonds. The molecule has 4 nitrogen and oxygen atoms in total. The van der Waals surface area contributed by atoms with Crippen molar-refractivity contribution in [1.29, 1.82) is 0 Å². The van der Waals surface area contributed by atoms with Crippen LogP contribution in [0, 0.1) is 0 Å². The van der Waals surface area contributed by atoms with Crippen molar-refractivity contribution >= 4 is 5.97 Å². The normalized spacial score (nSPS) is 17.3. The predicted molar refractivity (Wildman–Crippen MR) is 64.4 cm³/mol. The first-order valence-electron chi connectivity index (χ1n) is 5.59. The minimum atomic E-state index is -0.986. The highest BCUT2D eigenvalue weighted by Gasteiger charge is 2.42. The number of carboxylic acid groups (broad SMARTS) is 1. The van der Waals surface area contributed by atoms with Crippen molar-refractivity contribution in [3.8, 4) is 0 Å². The van der Waals surface area contributed by atoms with Crippen molar-refractivity contribution in [2.24, 2.45) is 0 Å². The molecule has 0 aromatic rings. The maximum absolute atomic E-state index is 11.3. The fourth-order valence-electron chi connectivity index (χ4n) is 2.37. The van der Waals surface area contributed by atoms with Crippen LogP contribution in [0.4, 0.5) is 0 Å². The summed E-state index contributed by atoms with van der Waals surface area (Å²) in [5.41, 5.74) is -0.642. The Labute approximate surface area is 98.3 Å². The number of carboxylic acids is 1. The smallest absolute Gasteiger partial charge is 0.323 e. The van der Waals surface area contributed by atoms with Crippen LogP contribution in [-0.4, -0.2) is 44.3 Å². The zero-order valence-corrected chi connectivity index (χ0v) is 11.4. The summed E-state index contributed by atoms with van der Waals surface area (Å²) >= 11 is 0. The van der Waals surface area contributed by atoms with E-state index in [1.54, 1.807) is 0 Å². The lowest BCUT2D eigenvalue weighted by Crippen LogP contribution is -2.63. The molecule has 96 valence electrons. The van der Waals surface area contributed by atoms with Gasteiger partial charge in [-0.3, -0.25) is 9.69 Å². The van der Waals surface area contributed by atoms with E-state index >= 15 is 0 Å². The number of hydrogen-bond acceptors (Lipinski definition) is 3. The summed E-state index contributed by atoms with van der Waals surface area (Å²) in [6, 6.07) is -0.889. The topological polar surface area (TPSA) is 60.8 Å². The minimum absolute atomic E-state index is 0.321. The predicted octanol–water partition coefficient (Wildman–Crippen LogP) is 1.72. The monoisotopic (exact) mass is 231 g/mol. The molecule has 4 heteroatoms. The summed E-state index contributed by atoms with van der Waals surface area (Å²) < 4.78 is 0. The van der Waals surface area contributed by atoms with E-state index in [1.165, 1.54) is 6.92 Å². The molecule has 0 aliphatic heterocycles. The summed E-state index contributed by atoms with van der Waals surface area (Å²) in [6.07, 6.45) is -0.907. The second-order valence-corrected chi connectivity index (χ2v) is 6.24. The number of nitrogens with zero attached hydrogens (tertiary/aromatic N) is 1. The molecule has 16 heavy (non-hydrogen) atoms. The van der Waals surface area contributed by atoms with Crippen LogP contribution in [0.15, 0.2) is 0 Å². The van der Waals surface area contributed by atoms with E-state index in [0.717, 1.165) is 0 Å². The van der Waals surface area contributed by atoms with Crippen LogP contribution in [0.25, 0.3) is 0 Å². The molecule has 2 N–H and O–H groups in total. The van der Waals surface area contributed by atoms with Crippen LogP contribution in [0.2, 0.25) is 0 Å². The molecule has 0 heterocycles. The molecule has 0 bridgehead atoms. The van der Waals surface area contributed by atoms with Crippen LogP contribution in [0.1, 0.15) is 48.5 Å². The van der Waals surface area contributed by atoms with Crippen molar-refractivity contribution in [2.75, 3.05) is 0 Å². The van der Waals surface area contributed by atoms with Crippen LogP contribution < -0.4 is 0 Å². The number of rotatable bonds is 3. The Hall–Kier alpha value is -0.610. The molecule has 2 unspecified atom stereocenters. The Bertz CT molecular complexity index is 234. The van der Waals surface area contributed by atoms with E-state index in [1.807, 2.05) is 46.4 Å². The highest BCUT2D eigenvalue weighted by atomic mass is 16.4. The van der Waals surface area contributed by atoms with Gasteiger partial charge in [0.1, 0.15) is 6.04 Å². The lowest BCUT2D eigenvalue weighted by atomic mass is 9.91. The molecular weight excluding hydrogens is 206 g/mol. The van der Waals surface area contributed by atoms with Gasteiger partial charge in [0.2, 0.25) is 0 Å². The van der Waals surface area contributed by atoms with Gasteiger partial charge in [-0.25, -0.2) is 0 Å². The Morgan fingerprint density at radius 3 is 1.44 bits per heavy atom. The van der Waals surface area contributed by atoms with Crippen LogP contribution >= 0.6 is 0 Å². The van der Waals surface area contributed by atoms with Crippen molar-refractivity contribution in [3.05, 3.63) is 0 Å². The molecule has 0 aliphatic carbocycles. The summed E-state index contributed by atoms with van der Waals surface area (Å²) in [6.45, 7) is 13.2. The van der Waals surface area contributed by atoms with Crippen molar-refractivity contribution in [2.45, 2.75) is 71.7 Å². The molecule has 0 saturated heterocycles. The fourth-order valence-corrected chi connectivity index (χ4v) is 2.37. The first-order chi connectivity index (χ1) is 6.89. The molecule has 0 aromatic heterocycles.